The molecule has 6 nitrogen and oxygen atoms in total. The van der Waals surface area contributed by atoms with Crippen LogP contribution in [0.4, 0.5) is 4.39 Å². The van der Waals surface area contributed by atoms with Crippen LogP contribution < -0.4 is 16.0 Å². The molecule has 0 fully saturated rings. The van der Waals surface area contributed by atoms with E-state index in [9.17, 15) is 9.18 Å². The van der Waals surface area contributed by atoms with Crippen LogP contribution in [0.3, 0.4) is 0 Å². The summed E-state index contributed by atoms with van der Waals surface area (Å²) in [5.41, 5.74) is 10.1. The average molecular weight is 525 g/mol. The SMILES string of the molecule is NCCCCCCOc1ccc(Cc2nc3c(Cc4ccccc4)[nH]c(-c4ccccc4)cn-3c2=O)cc1F. The molecular formula is C32H33FN4O2. The third-order valence-corrected chi connectivity index (χ3v) is 6.78. The Morgan fingerprint density at radius 1 is 0.872 bits per heavy atom. The monoisotopic (exact) mass is 524 g/mol. The Balaban J connectivity index is 1.40. The second-order valence-electron chi connectivity index (χ2n) is 9.72. The number of hydrogen-bond acceptors (Lipinski definition) is 4. The maximum atomic E-state index is 14.8. The molecule has 2 aliphatic heterocycles. The van der Waals surface area contributed by atoms with Crippen LogP contribution in [0.25, 0.3) is 17.1 Å². The van der Waals surface area contributed by atoms with Gasteiger partial charge in [0.2, 0.25) is 0 Å². The van der Waals surface area contributed by atoms with E-state index in [1.807, 2.05) is 60.7 Å². The number of aromatic amines is 1. The van der Waals surface area contributed by atoms with Crippen molar-refractivity contribution in [2.45, 2.75) is 38.5 Å². The summed E-state index contributed by atoms with van der Waals surface area (Å²) in [6.45, 7) is 1.15. The minimum Gasteiger partial charge on any atom is -0.491 e. The van der Waals surface area contributed by atoms with Gasteiger partial charge in [-0.1, -0.05) is 79.6 Å². The Hall–Kier alpha value is -4.23. The molecule has 5 rings (SSSR count). The molecule has 2 aliphatic rings. The molecule has 0 aliphatic carbocycles. The number of benzene rings is 3. The first-order valence-electron chi connectivity index (χ1n) is 13.5. The highest BCUT2D eigenvalue weighted by Crippen LogP contribution is 2.25. The van der Waals surface area contributed by atoms with E-state index in [0.717, 1.165) is 48.2 Å². The number of halogens is 1. The molecule has 3 N–H and O–H groups in total. The smallest absolute Gasteiger partial charge is 0.278 e. The predicted octanol–water partition coefficient (Wildman–Crippen LogP) is 5.88. The Kier molecular flexibility index (Phi) is 8.48. The fourth-order valence-corrected chi connectivity index (χ4v) is 4.73. The number of hydrogen-bond donors (Lipinski definition) is 2. The van der Waals surface area contributed by atoms with Gasteiger partial charge in [0.05, 0.1) is 18.0 Å². The van der Waals surface area contributed by atoms with E-state index >= 15 is 0 Å². The van der Waals surface area contributed by atoms with Crippen molar-refractivity contribution in [2.24, 2.45) is 5.73 Å². The van der Waals surface area contributed by atoms with Crippen LogP contribution >= 0.6 is 0 Å². The van der Waals surface area contributed by atoms with Crippen molar-refractivity contribution >= 4 is 0 Å². The molecule has 2 heterocycles. The van der Waals surface area contributed by atoms with Crippen molar-refractivity contribution < 1.29 is 9.13 Å². The van der Waals surface area contributed by atoms with Gasteiger partial charge >= 0.3 is 0 Å². The Bertz CT molecular complexity index is 1530. The van der Waals surface area contributed by atoms with Gasteiger partial charge < -0.3 is 15.5 Å². The second kappa shape index (κ2) is 12.5. The number of nitrogens with zero attached hydrogens (tertiary/aromatic N) is 2. The summed E-state index contributed by atoms with van der Waals surface area (Å²) in [7, 11) is 0. The maximum Gasteiger partial charge on any atom is 0.278 e. The molecule has 39 heavy (non-hydrogen) atoms. The molecular weight excluding hydrogens is 491 g/mol. The minimum atomic E-state index is -0.435. The van der Waals surface area contributed by atoms with Crippen molar-refractivity contribution in [3.8, 4) is 22.8 Å². The van der Waals surface area contributed by atoms with Crippen LogP contribution in [-0.4, -0.2) is 27.7 Å². The molecule has 3 aromatic rings. The van der Waals surface area contributed by atoms with E-state index in [0.29, 0.717) is 36.6 Å². The lowest BCUT2D eigenvalue weighted by Crippen LogP contribution is -2.18. The van der Waals surface area contributed by atoms with Gasteiger partial charge in [-0.05, 0) is 48.2 Å². The molecule has 0 saturated carbocycles. The van der Waals surface area contributed by atoms with E-state index in [4.69, 9.17) is 15.5 Å². The number of aromatic nitrogens is 3. The van der Waals surface area contributed by atoms with Crippen molar-refractivity contribution in [3.05, 3.63) is 124 Å². The topological polar surface area (TPSA) is 85.9 Å². The number of fused-ring (bicyclic) bond motifs is 1. The van der Waals surface area contributed by atoms with Crippen molar-refractivity contribution in [1.29, 1.82) is 0 Å². The van der Waals surface area contributed by atoms with Gasteiger partial charge in [-0.15, -0.1) is 0 Å². The number of H-pyrrole nitrogens is 1. The third kappa shape index (κ3) is 6.44. The van der Waals surface area contributed by atoms with Crippen molar-refractivity contribution in [3.63, 3.8) is 0 Å². The molecule has 0 atom stereocenters. The highest BCUT2D eigenvalue weighted by atomic mass is 19.1. The summed E-state index contributed by atoms with van der Waals surface area (Å²) in [5, 5.41) is 0. The third-order valence-electron chi connectivity index (χ3n) is 6.78. The zero-order valence-electron chi connectivity index (χ0n) is 21.9. The van der Waals surface area contributed by atoms with Crippen LogP contribution in [0, 0.1) is 5.82 Å². The van der Waals surface area contributed by atoms with Gasteiger partial charge in [0, 0.05) is 19.0 Å². The van der Waals surface area contributed by atoms with Gasteiger partial charge in [0.15, 0.2) is 17.4 Å². The maximum absolute atomic E-state index is 14.8. The van der Waals surface area contributed by atoms with E-state index in [2.05, 4.69) is 4.98 Å². The molecule has 0 bridgehead atoms. The van der Waals surface area contributed by atoms with E-state index < -0.39 is 5.82 Å². The van der Waals surface area contributed by atoms with Crippen LogP contribution in [0.1, 0.15) is 48.2 Å². The Morgan fingerprint density at radius 3 is 2.36 bits per heavy atom. The molecule has 0 amide bonds. The molecule has 0 radical (unpaired) electrons. The Labute approximate surface area is 227 Å². The van der Waals surface area contributed by atoms with E-state index in [-0.39, 0.29) is 17.7 Å². The number of ether oxygens (including phenoxy) is 1. The van der Waals surface area contributed by atoms with Gasteiger partial charge in [-0.2, -0.15) is 0 Å². The minimum absolute atomic E-state index is 0.205. The van der Waals surface area contributed by atoms with E-state index in [1.165, 1.54) is 6.07 Å². The lowest BCUT2D eigenvalue weighted by atomic mass is 10.1. The van der Waals surface area contributed by atoms with Crippen molar-refractivity contribution in [2.75, 3.05) is 13.2 Å². The highest BCUT2D eigenvalue weighted by Gasteiger charge is 2.21. The summed E-state index contributed by atoms with van der Waals surface area (Å²) in [4.78, 5) is 21.7. The fraction of sp³-hybridized carbons (Fsp3) is 0.250. The number of unbranched alkanes of at least 4 members (excludes halogenated alkanes) is 3. The lowest BCUT2D eigenvalue weighted by Gasteiger charge is -2.13. The van der Waals surface area contributed by atoms with Gasteiger partial charge in [0.1, 0.15) is 5.69 Å². The first-order valence-corrected chi connectivity index (χ1v) is 13.5. The largest absolute Gasteiger partial charge is 0.491 e. The molecule has 0 spiro atoms. The molecule has 7 heteroatoms. The summed E-state index contributed by atoms with van der Waals surface area (Å²) in [6.07, 6.45) is 6.52. The highest BCUT2D eigenvalue weighted by molar-refractivity contribution is 5.60. The number of nitrogens with one attached hydrogen (secondary N) is 1. The van der Waals surface area contributed by atoms with Crippen LogP contribution in [0.2, 0.25) is 0 Å². The summed E-state index contributed by atoms with van der Waals surface area (Å²) in [5.74, 6) is 0.367. The standard InChI is InChI=1S/C32H33FN4O2/c33-26-19-24(15-16-30(26)39-18-10-2-1-9-17-34)21-28-32(38)37-22-29(25-13-7-4-8-14-25)35-27(31(37)36-28)20-23-11-5-3-6-12-23/h3-8,11-16,19,22,35H,1-2,9-10,17-18,20-21,34H2. The second-order valence-corrected chi connectivity index (χ2v) is 9.72. The van der Waals surface area contributed by atoms with Crippen LogP contribution in [0.15, 0.2) is 89.9 Å². The molecule has 3 aromatic carbocycles. The van der Waals surface area contributed by atoms with Crippen molar-refractivity contribution in [1.82, 2.24) is 14.5 Å². The molecule has 200 valence electrons. The zero-order chi connectivity index (χ0) is 27.0. The number of rotatable bonds is 12. The van der Waals surface area contributed by atoms with E-state index in [1.54, 1.807) is 22.9 Å². The summed E-state index contributed by atoms with van der Waals surface area (Å²) in [6, 6.07) is 24.8. The van der Waals surface area contributed by atoms with Crippen LogP contribution in [-0.2, 0) is 12.8 Å². The molecule has 0 unspecified atom stereocenters. The molecule has 0 saturated heterocycles. The Morgan fingerprint density at radius 2 is 1.62 bits per heavy atom. The predicted molar refractivity (Wildman–Crippen MR) is 152 cm³/mol. The van der Waals surface area contributed by atoms with Gasteiger partial charge in [0.25, 0.3) is 5.56 Å². The average Bonchev–Trinajstić information content (AvgIpc) is 3.27. The summed E-state index contributed by atoms with van der Waals surface area (Å²) < 4.78 is 22.0. The number of imidazole rings is 1. The first-order chi connectivity index (χ1) is 19.1. The normalized spacial score (nSPS) is 11.2. The zero-order valence-corrected chi connectivity index (χ0v) is 21.9. The quantitative estimate of drug-likeness (QED) is 0.200. The molecule has 0 aromatic heterocycles. The number of nitrogens with two attached hydrogens (primary N) is 1. The van der Waals surface area contributed by atoms with Gasteiger partial charge in [-0.25, -0.2) is 9.37 Å². The fourth-order valence-electron chi connectivity index (χ4n) is 4.73. The lowest BCUT2D eigenvalue weighted by molar-refractivity contribution is 0.290. The summed E-state index contributed by atoms with van der Waals surface area (Å²) >= 11 is 0. The first kappa shape index (κ1) is 26.4. The van der Waals surface area contributed by atoms with Gasteiger partial charge in [-0.3, -0.25) is 9.36 Å². The van der Waals surface area contributed by atoms with Crippen LogP contribution in [0.5, 0.6) is 5.75 Å².